The fourth-order valence-corrected chi connectivity index (χ4v) is 5.78. The van der Waals surface area contributed by atoms with Gasteiger partial charge in [-0.1, -0.05) is 87.4 Å². The number of hydrogen-bond donors (Lipinski definition) is 0. The van der Waals surface area contributed by atoms with Gasteiger partial charge in [0.1, 0.15) is 5.82 Å². The maximum atomic E-state index is 5.21. The molecule has 4 rings (SSSR count). The summed E-state index contributed by atoms with van der Waals surface area (Å²) >= 11 is 1.89. The van der Waals surface area contributed by atoms with Crippen molar-refractivity contribution in [3.8, 4) is 0 Å². The summed E-state index contributed by atoms with van der Waals surface area (Å²) in [7, 11) is 0. The van der Waals surface area contributed by atoms with Crippen molar-refractivity contribution in [1.82, 2.24) is 14.5 Å². The van der Waals surface area contributed by atoms with Gasteiger partial charge in [-0.15, -0.1) is 11.8 Å². The van der Waals surface area contributed by atoms with Gasteiger partial charge in [0.25, 0.3) is 0 Å². The molecule has 1 atom stereocenters. The number of nitrogens with zero attached hydrogens (tertiary/aromatic N) is 3. The van der Waals surface area contributed by atoms with E-state index in [9.17, 15) is 0 Å². The second kappa shape index (κ2) is 13.5. The Labute approximate surface area is 215 Å². The summed E-state index contributed by atoms with van der Waals surface area (Å²) in [6.07, 6.45) is 6.22. The minimum atomic E-state index is 0.141. The van der Waals surface area contributed by atoms with E-state index in [4.69, 9.17) is 4.98 Å². The zero-order chi connectivity index (χ0) is 24.3. The lowest BCUT2D eigenvalue weighted by Gasteiger charge is -2.23. The van der Waals surface area contributed by atoms with Crippen molar-refractivity contribution in [3.05, 3.63) is 96.3 Å². The van der Waals surface area contributed by atoms with Crippen LogP contribution in [0.25, 0.3) is 11.0 Å². The number of imidazole rings is 1. The minimum absolute atomic E-state index is 0.141. The van der Waals surface area contributed by atoms with Gasteiger partial charge in [0, 0.05) is 11.4 Å². The second-order valence-corrected chi connectivity index (χ2v) is 10.4. The SMILES string of the molecule is CCCCN(CCCC)CCCn1c(C(Sc2ccccc2)c2ccccc2)nc2ccccc21. The van der Waals surface area contributed by atoms with Crippen LogP contribution in [0.3, 0.4) is 0 Å². The van der Waals surface area contributed by atoms with E-state index < -0.39 is 0 Å². The Bertz CT molecular complexity index is 1130. The highest BCUT2D eigenvalue weighted by atomic mass is 32.2. The number of fused-ring (bicyclic) bond motifs is 1. The van der Waals surface area contributed by atoms with Gasteiger partial charge in [-0.3, -0.25) is 0 Å². The number of hydrogen-bond acceptors (Lipinski definition) is 3. The average molecular weight is 486 g/mol. The number of thioether (sulfide) groups is 1. The van der Waals surface area contributed by atoms with Crippen molar-refractivity contribution in [2.75, 3.05) is 19.6 Å². The van der Waals surface area contributed by atoms with Gasteiger partial charge in [0.05, 0.1) is 16.3 Å². The fourth-order valence-electron chi connectivity index (χ4n) is 4.61. The van der Waals surface area contributed by atoms with Gasteiger partial charge in [-0.25, -0.2) is 4.98 Å². The Morgan fingerprint density at radius 1 is 0.743 bits per heavy atom. The van der Waals surface area contributed by atoms with Crippen LogP contribution in [0.1, 0.15) is 62.6 Å². The molecule has 3 aromatic carbocycles. The van der Waals surface area contributed by atoms with Gasteiger partial charge in [0.2, 0.25) is 0 Å². The van der Waals surface area contributed by atoms with Crippen LogP contribution in [0.4, 0.5) is 0 Å². The first-order chi connectivity index (χ1) is 17.3. The molecule has 1 unspecified atom stereocenters. The summed E-state index contributed by atoms with van der Waals surface area (Å²) in [4.78, 5) is 9.15. The molecule has 0 aliphatic rings. The molecular formula is C31H39N3S. The van der Waals surface area contributed by atoms with Gasteiger partial charge >= 0.3 is 0 Å². The van der Waals surface area contributed by atoms with E-state index in [1.807, 2.05) is 11.8 Å². The summed E-state index contributed by atoms with van der Waals surface area (Å²) in [6.45, 7) is 9.14. The van der Waals surface area contributed by atoms with Crippen molar-refractivity contribution in [2.45, 2.75) is 62.6 Å². The first kappa shape index (κ1) is 25.5. The normalized spacial score (nSPS) is 12.4. The molecule has 4 aromatic rings. The van der Waals surface area contributed by atoms with E-state index in [1.54, 1.807) is 0 Å². The van der Waals surface area contributed by atoms with Crippen LogP contribution in [0.2, 0.25) is 0 Å². The molecule has 0 amide bonds. The monoisotopic (exact) mass is 485 g/mol. The van der Waals surface area contributed by atoms with E-state index in [-0.39, 0.29) is 5.25 Å². The number of aromatic nitrogens is 2. The number of benzene rings is 3. The third-order valence-corrected chi connectivity index (χ3v) is 7.79. The maximum Gasteiger partial charge on any atom is 0.127 e. The molecule has 0 saturated carbocycles. The topological polar surface area (TPSA) is 21.1 Å². The van der Waals surface area contributed by atoms with Crippen LogP contribution in [0.15, 0.2) is 89.8 Å². The Balaban J connectivity index is 1.63. The van der Waals surface area contributed by atoms with Crippen LogP contribution in [0, 0.1) is 0 Å². The highest BCUT2D eigenvalue weighted by molar-refractivity contribution is 7.99. The van der Waals surface area contributed by atoms with E-state index >= 15 is 0 Å². The Morgan fingerprint density at radius 3 is 2.03 bits per heavy atom. The summed E-state index contributed by atoms with van der Waals surface area (Å²) < 4.78 is 2.49. The molecule has 1 aromatic heterocycles. The number of rotatable bonds is 14. The van der Waals surface area contributed by atoms with Crippen molar-refractivity contribution in [1.29, 1.82) is 0 Å². The smallest absolute Gasteiger partial charge is 0.127 e. The van der Waals surface area contributed by atoms with Crippen molar-refractivity contribution in [2.24, 2.45) is 0 Å². The van der Waals surface area contributed by atoms with Crippen LogP contribution in [0.5, 0.6) is 0 Å². The molecule has 3 nitrogen and oxygen atoms in total. The first-order valence-electron chi connectivity index (χ1n) is 13.2. The van der Waals surface area contributed by atoms with E-state index in [1.165, 1.54) is 54.7 Å². The summed E-state index contributed by atoms with van der Waals surface area (Å²) in [6, 6.07) is 30.2. The lowest BCUT2D eigenvalue weighted by atomic mass is 10.1. The zero-order valence-corrected chi connectivity index (χ0v) is 22.1. The highest BCUT2D eigenvalue weighted by Gasteiger charge is 2.23. The molecule has 0 fully saturated rings. The molecule has 0 saturated heterocycles. The zero-order valence-electron chi connectivity index (χ0n) is 21.3. The summed E-state index contributed by atoms with van der Waals surface area (Å²) in [5.41, 5.74) is 3.63. The highest BCUT2D eigenvalue weighted by Crippen LogP contribution is 2.41. The molecule has 0 spiro atoms. The van der Waals surface area contributed by atoms with Crippen LogP contribution < -0.4 is 0 Å². The van der Waals surface area contributed by atoms with E-state index in [0.717, 1.165) is 30.9 Å². The third-order valence-electron chi connectivity index (χ3n) is 6.53. The molecule has 4 heteroatoms. The van der Waals surface area contributed by atoms with Crippen LogP contribution >= 0.6 is 11.8 Å². The van der Waals surface area contributed by atoms with E-state index in [0.29, 0.717) is 0 Å². The van der Waals surface area contributed by atoms with Gasteiger partial charge in [-0.05, 0) is 68.7 Å². The molecule has 0 N–H and O–H groups in total. The predicted octanol–water partition coefficient (Wildman–Crippen LogP) is 8.21. The first-order valence-corrected chi connectivity index (χ1v) is 14.1. The molecule has 0 bridgehead atoms. The Hall–Kier alpha value is -2.56. The largest absolute Gasteiger partial charge is 0.327 e. The number of aryl methyl sites for hydroxylation is 1. The second-order valence-electron chi connectivity index (χ2n) is 9.23. The molecule has 1 heterocycles. The predicted molar refractivity (Wildman–Crippen MR) is 151 cm³/mol. The quantitative estimate of drug-likeness (QED) is 0.168. The summed E-state index contributed by atoms with van der Waals surface area (Å²) in [5, 5.41) is 0.141. The molecule has 35 heavy (non-hydrogen) atoms. The molecular weight excluding hydrogens is 446 g/mol. The third kappa shape index (κ3) is 6.99. The van der Waals surface area contributed by atoms with Gasteiger partial charge in [-0.2, -0.15) is 0 Å². The lowest BCUT2D eigenvalue weighted by Crippen LogP contribution is -2.28. The molecule has 184 valence electrons. The Morgan fingerprint density at radius 2 is 1.34 bits per heavy atom. The van der Waals surface area contributed by atoms with Crippen molar-refractivity contribution < 1.29 is 0 Å². The lowest BCUT2D eigenvalue weighted by molar-refractivity contribution is 0.257. The maximum absolute atomic E-state index is 5.21. The van der Waals surface area contributed by atoms with Gasteiger partial charge in [0.15, 0.2) is 0 Å². The van der Waals surface area contributed by atoms with Crippen molar-refractivity contribution in [3.63, 3.8) is 0 Å². The van der Waals surface area contributed by atoms with E-state index in [2.05, 4.69) is 108 Å². The standard InChI is InChI=1S/C31H39N3S/c1-3-5-22-33(23-6-4-2)24-15-25-34-29-21-14-13-20-28(29)32-31(34)30(26-16-9-7-10-17-26)35-27-18-11-8-12-19-27/h7-14,16-21,30H,3-6,15,22-25H2,1-2H3. The van der Waals surface area contributed by atoms with Crippen LogP contribution in [-0.2, 0) is 6.54 Å². The summed E-state index contributed by atoms with van der Waals surface area (Å²) in [5.74, 6) is 1.15. The fraction of sp³-hybridized carbons (Fsp3) is 0.387. The van der Waals surface area contributed by atoms with Crippen molar-refractivity contribution >= 4 is 22.8 Å². The number of para-hydroxylation sites is 2. The van der Waals surface area contributed by atoms with Crippen LogP contribution in [-0.4, -0.2) is 34.1 Å². The molecule has 0 aliphatic carbocycles. The number of unbranched alkanes of at least 4 members (excludes halogenated alkanes) is 2. The van der Waals surface area contributed by atoms with Gasteiger partial charge < -0.3 is 9.47 Å². The minimum Gasteiger partial charge on any atom is -0.327 e. The average Bonchev–Trinajstić information content (AvgIpc) is 3.27. The molecule has 0 aliphatic heterocycles. The molecule has 0 radical (unpaired) electrons. The Kier molecular flexibility index (Phi) is 9.85.